The number of thiocarbonyl (C=S) groups is 1. The summed E-state index contributed by atoms with van der Waals surface area (Å²) in [5.74, 6) is 0. The van der Waals surface area contributed by atoms with Crippen LogP contribution in [0.3, 0.4) is 0 Å². The van der Waals surface area contributed by atoms with Gasteiger partial charge in [0, 0.05) is 18.8 Å². The van der Waals surface area contributed by atoms with Gasteiger partial charge >= 0.3 is 0 Å². The maximum atomic E-state index is 11.4. The van der Waals surface area contributed by atoms with Crippen molar-refractivity contribution in [3.8, 4) is 0 Å². The quantitative estimate of drug-likeness (QED) is 0.833. The van der Waals surface area contributed by atoms with Crippen molar-refractivity contribution in [3.05, 3.63) is 29.8 Å². The highest BCUT2D eigenvalue weighted by atomic mass is 32.2. The van der Waals surface area contributed by atoms with Crippen LogP contribution in [0.2, 0.25) is 0 Å². The van der Waals surface area contributed by atoms with Crippen molar-refractivity contribution in [2.24, 2.45) is 0 Å². The van der Waals surface area contributed by atoms with Gasteiger partial charge in [-0.1, -0.05) is 25.0 Å². The highest BCUT2D eigenvalue weighted by Gasteiger charge is 2.15. The van der Waals surface area contributed by atoms with Gasteiger partial charge in [-0.25, -0.2) is 8.42 Å². The molecule has 1 aliphatic carbocycles. The molecule has 1 fully saturated rings. The molecule has 20 heavy (non-hydrogen) atoms. The first-order chi connectivity index (χ1) is 9.45. The summed E-state index contributed by atoms with van der Waals surface area (Å²) in [5, 5.41) is 7.13. The molecule has 0 spiro atoms. The van der Waals surface area contributed by atoms with E-state index in [-0.39, 0.29) is 0 Å². The largest absolute Gasteiger partial charge is 0.360 e. The second-order valence-electron chi connectivity index (χ2n) is 5.22. The van der Waals surface area contributed by atoms with Crippen LogP contribution in [0.4, 0.5) is 0 Å². The van der Waals surface area contributed by atoms with Crippen molar-refractivity contribution < 1.29 is 8.42 Å². The Balaban J connectivity index is 1.83. The summed E-state index contributed by atoms with van der Waals surface area (Å²) in [7, 11) is -3.13. The molecule has 0 atom stereocenters. The fourth-order valence-electron chi connectivity index (χ4n) is 2.34. The monoisotopic (exact) mass is 312 g/mol. The zero-order chi connectivity index (χ0) is 14.6. The summed E-state index contributed by atoms with van der Waals surface area (Å²) in [6.45, 7) is 0.600. The summed E-state index contributed by atoms with van der Waals surface area (Å²) >= 11 is 5.26. The van der Waals surface area contributed by atoms with Crippen LogP contribution in [0.5, 0.6) is 0 Å². The Kier molecular flexibility index (Phi) is 4.99. The number of sulfone groups is 1. The number of rotatable bonds is 4. The topological polar surface area (TPSA) is 58.2 Å². The van der Waals surface area contributed by atoms with Gasteiger partial charge in [-0.3, -0.25) is 0 Å². The minimum Gasteiger partial charge on any atom is -0.360 e. The van der Waals surface area contributed by atoms with E-state index < -0.39 is 9.84 Å². The van der Waals surface area contributed by atoms with Gasteiger partial charge in [-0.05, 0) is 42.8 Å². The average molecular weight is 312 g/mol. The molecule has 0 radical (unpaired) electrons. The molecule has 1 aliphatic rings. The van der Waals surface area contributed by atoms with E-state index in [9.17, 15) is 8.42 Å². The first-order valence-corrected chi connectivity index (χ1v) is 9.08. The lowest BCUT2D eigenvalue weighted by molar-refractivity contribution is 0.601. The zero-order valence-electron chi connectivity index (χ0n) is 11.6. The van der Waals surface area contributed by atoms with E-state index in [0.717, 1.165) is 5.56 Å². The second kappa shape index (κ2) is 6.54. The molecule has 0 saturated heterocycles. The standard InChI is InChI=1S/C14H20N2O2S2/c1-20(17,18)13-8-6-11(7-9-13)10-15-14(19)16-12-4-2-3-5-12/h6-9,12H,2-5,10H2,1H3,(H2,15,16,19). The Morgan fingerprint density at radius 1 is 1.25 bits per heavy atom. The molecule has 0 amide bonds. The average Bonchev–Trinajstić information content (AvgIpc) is 2.88. The Bertz CT molecular complexity index is 561. The molecule has 2 N–H and O–H groups in total. The van der Waals surface area contributed by atoms with Crippen molar-refractivity contribution in [1.82, 2.24) is 10.6 Å². The van der Waals surface area contributed by atoms with Gasteiger partial charge in [0.25, 0.3) is 0 Å². The summed E-state index contributed by atoms with van der Waals surface area (Å²) in [6.07, 6.45) is 6.12. The molecule has 2 rings (SSSR count). The highest BCUT2D eigenvalue weighted by molar-refractivity contribution is 7.90. The fourth-order valence-corrected chi connectivity index (χ4v) is 3.21. The van der Waals surface area contributed by atoms with Crippen LogP contribution in [-0.2, 0) is 16.4 Å². The molecule has 0 unspecified atom stereocenters. The third kappa shape index (κ3) is 4.45. The lowest BCUT2D eigenvalue weighted by Crippen LogP contribution is -2.40. The summed E-state index contributed by atoms with van der Waals surface area (Å²) in [6, 6.07) is 7.37. The first kappa shape index (κ1) is 15.3. The van der Waals surface area contributed by atoms with Gasteiger partial charge in [-0.2, -0.15) is 0 Å². The SMILES string of the molecule is CS(=O)(=O)c1ccc(CNC(=S)NC2CCCC2)cc1. The van der Waals surface area contributed by atoms with Crippen LogP contribution in [0.25, 0.3) is 0 Å². The summed E-state index contributed by atoms with van der Waals surface area (Å²) in [5.41, 5.74) is 1.01. The third-order valence-electron chi connectivity index (χ3n) is 3.49. The normalized spacial score (nSPS) is 16.1. The number of hydrogen-bond acceptors (Lipinski definition) is 3. The second-order valence-corrected chi connectivity index (χ2v) is 7.65. The number of benzene rings is 1. The fraction of sp³-hybridized carbons (Fsp3) is 0.500. The van der Waals surface area contributed by atoms with E-state index in [1.54, 1.807) is 12.1 Å². The molecular formula is C14H20N2O2S2. The van der Waals surface area contributed by atoms with Crippen molar-refractivity contribution in [1.29, 1.82) is 0 Å². The predicted molar refractivity (Wildman–Crippen MR) is 84.4 cm³/mol. The molecule has 0 aromatic heterocycles. The van der Waals surface area contributed by atoms with Crippen molar-refractivity contribution in [2.75, 3.05) is 6.26 Å². The Morgan fingerprint density at radius 3 is 2.40 bits per heavy atom. The molecule has 4 nitrogen and oxygen atoms in total. The lowest BCUT2D eigenvalue weighted by atomic mass is 10.2. The van der Waals surface area contributed by atoms with Crippen LogP contribution in [0.15, 0.2) is 29.2 Å². The van der Waals surface area contributed by atoms with Gasteiger partial charge in [-0.15, -0.1) is 0 Å². The minimum atomic E-state index is -3.13. The Morgan fingerprint density at radius 2 is 1.85 bits per heavy atom. The van der Waals surface area contributed by atoms with Crippen LogP contribution < -0.4 is 10.6 Å². The highest BCUT2D eigenvalue weighted by Crippen LogP contribution is 2.17. The summed E-state index contributed by atoms with van der Waals surface area (Å²) in [4.78, 5) is 0.341. The Labute approximate surface area is 125 Å². The van der Waals surface area contributed by atoms with Gasteiger partial charge < -0.3 is 10.6 Å². The molecular weight excluding hydrogens is 292 g/mol. The van der Waals surface area contributed by atoms with E-state index >= 15 is 0 Å². The summed E-state index contributed by atoms with van der Waals surface area (Å²) < 4.78 is 22.7. The molecule has 1 saturated carbocycles. The maximum absolute atomic E-state index is 11.4. The van der Waals surface area contributed by atoms with Crippen molar-refractivity contribution in [2.45, 2.75) is 43.2 Å². The molecule has 0 bridgehead atoms. The van der Waals surface area contributed by atoms with E-state index in [0.29, 0.717) is 22.6 Å². The van der Waals surface area contributed by atoms with Crippen LogP contribution in [-0.4, -0.2) is 25.8 Å². The van der Waals surface area contributed by atoms with Gasteiger partial charge in [0.05, 0.1) is 4.90 Å². The van der Waals surface area contributed by atoms with E-state index in [4.69, 9.17) is 12.2 Å². The van der Waals surface area contributed by atoms with E-state index in [1.807, 2.05) is 12.1 Å². The molecule has 0 aliphatic heterocycles. The lowest BCUT2D eigenvalue weighted by Gasteiger charge is -2.15. The molecule has 110 valence electrons. The molecule has 6 heteroatoms. The Hall–Kier alpha value is -1.14. The first-order valence-electron chi connectivity index (χ1n) is 6.78. The molecule has 1 aromatic carbocycles. The van der Waals surface area contributed by atoms with Crippen LogP contribution in [0.1, 0.15) is 31.2 Å². The number of nitrogens with one attached hydrogen (secondary N) is 2. The van der Waals surface area contributed by atoms with Crippen LogP contribution >= 0.6 is 12.2 Å². The molecule has 0 heterocycles. The van der Waals surface area contributed by atoms with Crippen molar-refractivity contribution in [3.63, 3.8) is 0 Å². The van der Waals surface area contributed by atoms with Crippen molar-refractivity contribution >= 4 is 27.2 Å². The van der Waals surface area contributed by atoms with Gasteiger partial charge in [0.2, 0.25) is 0 Å². The van der Waals surface area contributed by atoms with E-state index in [1.165, 1.54) is 31.9 Å². The van der Waals surface area contributed by atoms with Crippen LogP contribution in [0, 0.1) is 0 Å². The zero-order valence-corrected chi connectivity index (χ0v) is 13.2. The predicted octanol–water partition coefficient (Wildman–Crippen LogP) is 2.00. The molecule has 1 aromatic rings. The number of hydrogen-bond donors (Lipinski definition) is 2. The van der Waals surface area contributed by atoms with Gasteiger partial charge in [0.15, 0.2) is 14.9 Å². The minimum absolute atomic E-state index is 0.341. The van der Waals surface area contributed by atoms with E-state index in [2.05, 4.69) is 10.6 Å². The van der Waals surface area contributed by atoms with Gasteiger partial charge in [0.1, 0.15) is 0 Å². The third-order valence-corrected chi connectivity index (χ3v) is 4.89. The maximum Gasteiger partial charge on any atom is 0.175 e. The smallest absolute Gasteiger partial charge is 0.175 e.